The van der Waals surface area contributed by atoms with Gasteiger partial charge in [0, 0.05) is 6.04 Å². The van der Waals surface area contributed by atoms with E-state index in [4.69, 9.17) is 0 Å². The Morgan fingerprint density at radius 1 is 1.47 bits per heavy atom. The van der Waals surface area contributed by atoms with E-state index in [1.165, 1.54) is 14.0 Å². The minimum Gasteiger partial charge on any atom is -0.467 e. The van der Waals surface area contributed by atoms with Crippen LogP contribution in [0.25, 0.3) is 0 Å². The molecule has 0 aliphatic carbocycles. The van der Waals surface area contributed by atoms with Gasteiger partial charge in [0.15, 0.2) is 0 Å². The Balaban J connectivity index is 2.72. The van der Waals surface area contributed by atoms with Crippen molar-refractivity contribution >= 4 is 43.6 Å². The highest BCUT2D eigenvalue weighted by molar-refractivity contribution is 9.13. The van der Waals surface area contributed by atoms with Gasteiger partial charge in [-0.25, -0.2) is 4.79 Å². The van der Waals surface area contributed by atoms with E-state index >= 15 is 0 Å². The fourth-order valence-electron chi connectivity index (χ4n) is 2.84. The molecule has 0 aromatic carbocycles. The molecule has 1 aliphatic rings. The number of Topliss-reactive ketones (excluding diaryl/α,β-unsaturated/α-hetero) is 1. The molecule has 0 amide bonds. The summed E-state index contributed by atoms with van der Waals surface area (Å²) in [7, 11) is 1.19. The van der Waals surface area contributed by atoms with E-state index in [1.807, 2.05) is 0 Å². The molecule has 0 saturated carbocycles. The van der Waals surface area contributed by atoms with Crippen molar-refractivity contribution in [2.75, 3.05) is 7.11 Å². The average molecular weight is 395 g/mol. The maximum absolute atomic E-state index is 12.0. The van der Waals surface area contributed by atoms with Crippen molar-refractivity contribution in [3.8, 4) is 0 Å². The van der Waals surface area contributed by atoms with Gasteiger partial charge in [0.05, 0.1) is 27.8 Å². The maximum atomic E-state index is 12.0. The standard InChI is InChI=1S/C12H13Br2NO4/c1-5-9(6(2)16)12(18,11(17)19-3)8-4-7(13)10(14)15(5)8/h4-5,9,18H,1-3H3/t5-,9+,12+/m1/s1. The summed E-state index contributed by atoms with van der Waals surface area (Å²) in [5, 5.41) is 10.8. The number of carbonyl (C=O) groups is 2. The fraction of sp³-hybridized carbons (Fsp3) is 0.500. The third-order valence-corrected chi connectivity index (χ3v) is 5.54. The Morgan fingerprint density at radius 2 is 2.05 bits per heavy atom. The fourth-order valence-corrected chi connectivity index (χ4v) is 3.88. The molecule has 1 aromatic heterocycles. The SMILES string of the molecule is COC(=O)[C@]1(O)c2cc(Br)c(Br)n2[C@H](C)[C@H]1C(C)=O. The van der Waals surface area contributed by atoms with E-state index < -0.39 is 17.5 Å². The third-order valence-electron chi connectivity index (χ3n) is 3.60. The Kier molecular flexibility index (Phi) is 3.66. The van der Waals surface area contributed by atoms with Crippen LogP contribution in [0.4, 0.5) is 0 Å². The van der Waals surface area contributed by atoms with Crippen LogP contribution in [0.2, 0.25) is 0 Å². The summed E-state index contributed by atoms with van der Waals surface area (Å²) < 4.78 is 7.80. The summed E-state index contributed by atoms with van der Waals surface area (Å²) in [5.74, 6) is -1.94. The molecule has 0 unspecified atom stereocenters. The van der Waals surface area contributed by atoms with Crippen LogP contribution < -0.4 is 0 Å². The Hall–Kier alpha value is -0.660. The van der Waals surface area contributed by atoms with E-state index in [2.05, 4.69) is 36.6 Å². The lowest BCUT2D eigenvalue weighted by molar-refractivity contribution is -0.172. The highest BCUT2D eigenvalue weighted by Crippen LogP contribution is 2.50. The molecule has 0 bridgehead atoms. The molecule has 0 radical (unpaired) electrons. The first kappa shape index (κ1) is 14.7. The number of halogens is 2. The molecule has 3 atom stereocenters. The first-order valence-corrected chi connectivity index (χ1v) is 7.23. The lowest BCUT2D eigenvalue weighted by Gasteiger charge is -2.26. The van der Waals surface area contributed by atoms with Crippen LogP contribution in [0.5, 0.6) is 0 Å². The van der Waals surface area contributed by atoms with Gasteiger partial charge in [0.25, 0.3) is 0 Å². The van der Waals surface area contributed by atoms with E-state index in [9.17, 15) is 14.7 Å². The van der Waals surface area contributed by atoms with Gasteiger partial charge in [0.2, 0.25) is 5.60 Å². The number of fused-ring (bicyclic) bond motifs is 1. The van der Waals surface area contributed by atoms with Crippen molar-refractivity contribution in [3.63, 3.8) is 0 Å². The van der Waals surface area contributed by atoms with E-state index in [1.54, 1.807) is 17.6 Å². The molecule has 2 heterocycles. The minimum absolute atomic E-state index is 0.257. The number of esters is 1. The number of nitrogens with zero attached hydrogens (tertiary/aromatic N) is 1. The van der Waals surface area contributed by atoms with Crippen LogP contribution in [0.15, 0.2) is 15.1 Å². The molecule has 7 heteroatoms. The van der Waals surface area contributed by atoms with Gasteiger partial charge < -0.3 is 14.4 Å². The summed E-state index contributed by atoms with van der Waals surface area (Å²) in [6.07, 6.45) is 0. The molecule has 0 saturated heterocycles. The zero-order valence-electron chi connectivity index (χ0n) is 10.6. The molecule has 0 fully saturated rings. The third kappa shape index (κ3) is 1.82. The number of aromatic nitrogens is 1. The lowest BCUT2D eigenvalue weighted by atomic mass is 9.81. The van der Waals surface area contributed by atoms with Gasteiger partial charge >= 0.3 is 5.97 Å². The van der Waals surface area contributed by atoms with Gasteiger partial charge in [-0.05, 0) is 51.8 Å². The van der Waals surface area contributed by atoms with Crippen molar-refractivity contribution in [2.45, 2.75) is 25.5 Å². The quantitative estimate of drug-likeness (QED) is 0.780. The Labute approximate surface area is 127 Å². The second-order valence-corrected chi connectivity index (χ2v) is 6.23. The molecule has 5 nitrogen and oxygen atoms in total. The smallest absolute Gasteiger partial charge is 0.345 e. The molecule has 1 aliphatic heterocycles. The zero-order valence-corrected chi connectivity index (χ0v) is 13.8. The lowest BCUT2D eigenvalue weighted by Crippen LogP contribution is -2.44. The normalized spacial score (nSPS) is 29.2. The van der Waals surface area contributed by atoms with Gasteiger partial charge in [-0.3, -0.25) is 4.79 Å². The summed E-state index contributed by atoms with van der Waals surface area (Å²) in [6, 6.07) is 1.28. The number of rotatable bonds is 2. The largest absolute Gasteiger partial charge is 0.467 e. The molecular formula is C12H13Br2NO4. The summed E-state index contributed by atoms with van der Waals surface area (Å²) in [6.45, 7) is 3.15. The Bertz CT molecular complexity index is 568. The summed E-state index contributed by atoms with van der Waals surface area (Å²) >= 11 is 6.72. The first-order chi connectivity index (χ1) is 8.76. The number of hydrogen-bond donors (Lipinski definition) is 1. The number of methoxy groups -OCH3 is 1. The zero-order chi connectivity index (χ0) is 14.5. The van der Waals surface area contributed by atoms with Crippen LogP contribution >= 0.6 is 31.9 Å². The minimum atomic E-state index is -1.95. The van der Waals surface area contributed by atoms with Gasteiger partial charge in [0.1, 0.15) is 5.78 Å². The first-order valence-electron chi connectivity index (χ1n) is 5.64. The van der Waals surface area contributed by atoms with Crippen LogP contribution in [-0.4, -0.2) is 28.5 Å². The molecule has 2 rings (SSSR count). The van der Waals surface area contributed by atoms with E-state index in [0.717, 1.165) is 0 Å². The average Bonchev–Trinajstić information content (AvgIpc) is 2.75. The second kappa shape index (κ2) is 4.71. The molecule has 0 spiro atoms. The van der Waals surface area contributed by atoms with Crippen molar-refractivity contribution in [3.05, 3.63) is 20.8 Å². The predicted octanol–water partition coefficient (Wildman–Crippen LogP) is 2.15. The van der Waals surface area contributed by atoms with Gasteiger partial charge in [-0.1, -0.05) is 0 Å². The summed E-state index contributed by atoms with van der Waals surface area (Å²) in [4.78, 5) is 23.9. The van der Waals surface area contributed by atoms with Crippen LogP contribution in [0.3, 0.4) is 0 Å². The Morgan fingerprint density at radius 3 is 2.53 bits per heavy atom. The van der Waals surface area contributed by atoms with Crippen LogP contribution in [-0.2, 0) is 19.9 Å². The van der Waals surface area contributed by atoms with Gasteiger partial charge in [-0.2, -0.15) is 0 Å². The predicted molar refractivity (Wildman–Crippen MR) is 74.6 cm³/mol. The van der Waals surface area contributed by atoms with Crippen molar-refractivity contribution < 1.29 is 19.4 Å². The van der Waals surface area contributed by atoms with E-state index in [-0.39, 0.29) is 11.8 Å². The number of hydrogen-bond acceptors (Lipinski definition) is 4. The monoisotopic (exact) mass is 393 g/mol. The number of aliphatic hydroxyl groups is 1. The molecule has 1 aromatic rings. The van der Waals surface area contributed by atoms with Gasteiger partial charge in [-0.15, -0.1) is 0 Å². The number of ether oxygens (including phenoxy) is 1. The second-order valence-electron chi connectivity index (χ2n) is 4.63. The maximum Gasteiger partial charge on any atom is 0.345 e. The topological polar surface area (TPSA) is 68.5 Å². The molecule has 19 heavy (non-hydrogen) atoms. The highest BCUT2D eigenvalue weighted by atomic mass is 79.9. The number of carbonyl (C=O) groups excluding carboxylic acids is 2. The van der Waals surface area contributed by atoms with Crippen molar-refractivity contribution in [1.29, 1.82) is 0 Å². The summed E-state index contributed by atoms with van der Waals surface area (Å²) in [5.41, 5.74) is -1.60. The molecular weight excluding hydrogens is 382 g/mol. The number of ketones is 1. The highest BCUT2D eigenvalue weighted by Gasteiger charge is 2.59. The van der Waals surface area contributed by atoms with E-state index in [0.29, 0.717) is 14.8 Å². The van der Waals surface area contributed by atoms with Crippen LogP contribution in [0.1, 0.15) is 25.6 Å². The van der Waals surface area contributed by atoms with Crippen molar-refractivity contribution in [2.24, 2.45) is 5.92 Å². The molecule has 1 N–H and O–H groups in total. The van der Waals surface area contributed by atoms with Crippen LogP contribution in [0, 0.1) is 5.92 Å². The van der Waals surface area contributed by atoms with Crippen molar-refractivity contribution in [1.82, 2.24) is 4.57 Å². The molecule has 104 valence electrons.